The van der Waals surface area contributed by atoms with E-state index >= 15 is 0 Å². The van der Waals surface area contributed by atoms with Crippen LogP contribution < -0.4 is 0 Å². The predicted octanol–water partition coefficient (Wildman–Crippen LogP) is 3.34. The van der Waals surface area contributed by atoms with Gasteiger partial charge >= 0.3 is 5.97 Å². The summed E-state index contributed by atoms with van der Waals surface area (Å²) < 4.78 is 20.0. The third-order valence-corrected chi connectivity index (χ3v) is 5.25. The first-order valence-electron chi connectivity index (χ1n) is 8.65. The average molecular weight is 335 g/mol. The molecule has 2 aliphatic rings. The van der Waals surface area contributed by atoms with Gasteiger partial charge in [-0.05, 0) is 49.4 Å². The van der Waals surface area contributed by atoms with Gasteiger partial charge in [-0.15, -0.1) is 0 Å². The maximum atomic E-state index is 14.4. The van der Waals surface area contributed by atoms with E-state index in [1.807, 2.05) is 23.1 Å². The lowest BCUT2D eigenvalue weighted by atomic mass is 9.86. The summed E-state index contributed by atoms with van der Waals surface area (Å²) in [5.74, 6) is -0.327. The molecule has 1 saturated heterocycles. The predicted molar refractivity (Wildman–Crippen MR) is 89.6 cm³/mol. The van der Waals surface area contributed by atoms with Gasteiger partial charge in [-0.3, -0.25) is 9.69 Å². The Kier molecular flexibility index (Phi) is 4.67. The van der Waals surface area contributed by atoms with Gasteiger partial charge in [0.25, 0.3) is 0 Å². The second-order valence-corrected chi connectivity index (χ2v) is 7.68. The highest BCUT2D eigenvalue weighted by molar-refractivity contribution is 5.76. The number of hydrogen-bond donors (Lipinski definition) is 1. The highest BCUT2D eigenvalue weighted by Gasteiger charge is 2.38. The van der Waals surface area contributed by atoms with Crippen molar-refractivity contribution < 1.29 is 19.0 Å². The summed E-state index contributed by atoms with van der Waals surface area (Å²) in [4.78, 5) is 14.0. The molecular weight excluding hydrogens is 309 g/mol. The number of halogens is 1. The van der Waals surface area contributed by atoms with E-state index in [0.717, 1.165) is 36.2 Å². The van der Waals surface area contributed by atoms with E-state index in [1.165, 1.54) is 13.8 Å². The number of benzene rings is 1. The van der Waals surface area contributed by atoms with Gasteiger partial charge in [0.05, 0.1) is 12.7 Å². The number of alkyl halides is 1. The molecule has 0 amide bonds. The van der Waals surface area contributed by atoms with Crippen LogP contribution in [0.25, 0.3) is 0 Å². The first-order chi connectivity index (χ1) is 11.3. The lowest BCUT2D eigenvalue weighted by molar-refractivity contribution is -0.143. The molecule has 0 aromatic heterocycles. The van der Waals surface area contributed by atoms with Crippen LogP contribution in [-0.4, -0.2) is 40.8 Å². The van der Waals surface area contributed by atoms with Crippen molar-refractivity contribution in [1.29, 1.82) is 0 Å². The number of carboxylic acid groups (broad SMARTS) is 1. The van der Waals surface area contributed by atoms with Crippen molar-refractivity contribution in [1.82, 2.24) is 4.90 Å². The number of ether oxygens (including phenoxy) is 1. The molecule has 24 heavy (non-hydrogen) atoms. The molecule has 3 rings (SSSR count). The molecule has 1 unspecified atom stereocenters. The summed E-state index contributed by atoms with van der Waals surface area (Å²) in [6.45, 7) is 7.09. The molecule has 1 aromatic carbocycles. The van der Waals surface area contributed by atoms with Crippen LogP contribution in [0.15, 0.2) is 18.2 Å². The molecule has 0 radical (unpaired) electrons. The summed E-state index contributed by atoms with van der Waals surface area (Å²) in [5, 5.41) is 9.85. The smallest absolute Gasteiger partial charge is 0.325 e. The molecule has 5 heteroatoms. The zero-order valence-corrected chi connectivity index (χ0v) is 14.6. The van der Waals surface area contributed by atoms with E-state index in [2.05, 4.69) is 6.92 Å². The van der Waals surface area contributed by atoms with E-state index in [9.17, 15) is 14.3 Å². The van der Waals surface area contributed by atoms with Crippen LogP contribution in [0.3, 0.4) is 0 Å². The zero-order chi connectivity index (χ0) is 17.5. The molecule has 0 saturated carbocycles. The van der Waals surface area contributed by atoms with Gasteiger partial charge in [-0.1, -0.05) is 25.1 Å². The van der Waals surface area contributed by atoms with Crippen molar-refractivity contribution in [3.05, 3.63) is 34.9 Å². The normalized spacial score (nSPS) is 26.2. The quantitative estimate of drug-likeness (QED) is 0.917. The number of hydrogen-bond acceptors (Lipinski definition) is 3. The van der Waals surface area contributed by atoms with E-state index in [0.29, 0.717) is 18.9 Å². The van der Waals surface area contributed by atoms with Crippen molar-refractivity contribution >= 4 is 5.97 Å². The number of likely N-dealkylation sites (tertiary alicyclic amines) is 1. The number of fused-ring (bicyclic) bond motifs is 1. The average Bonchev–Trinajstić information content (AvgIpc) is 2.92. The molecule has 3 atom stereocenters. The van der Waals surface area contributed by atoms with Crippen LogP contribution in [0.4, 0.5) is 4.39 Å². The minimum Gasteiger partial charge on any atom is -0.480 e. The molecule has 1 N–H and O–H groups in total. The Morgan fingerprint density at radius 1 is 1.46 bits per heavy atom. The van der Waals surface area contributed by atoms with Gasteiger partial charge in [-0.2, -0.15) is 0 Å². The Labute approximate surface area is 142 Å². The topological polar surface area (TPSA) is 49.8 Å². The zero-order valence-electron chi connectivity index (χ0n) is 14.6. The monoisotopic (exact) mass is 335 g/mol. The fourth-order valence-corrected chi connectivity index (χ4v) is 3.86. The summed E-state index contributed by atoms with van der Waals surface area (Å²) in [6, 6.07) is 5.06. The minimum atomic E-state index is -1.45. The first kappa shape index (κ1) is 17.4. The first-order valence-corrected chi connectivity index (χ1v) is 8.65. The molecule has 0 spiro atoms. The summed E-state index contributed by atoms with van der Waals surface area (Å²) >= 11 is 0. The Morgan fingerprint density at radius 2 is 2.21 bits per heavy atom. The number of aliphatic carboxylic acids is 1. The molecule has 1 fully saturated rings. The fraction of sp³-hybridized carbons (Fsp3) is 0.632. The number of carboxylic acids is 1. The van der Waals surface area contributed by atoms with Crippen LogP contribution in [0.2, 0.25) is 0 Å². The molecule has 2 aliphatic heterocycles. The maximum absolute atomic E-state index is 14.4. The Hall–Kier alpha value is -1.46. The van der Waals surface area contributed by atoms with Crippen LogP contribution >= 0.6 is 0 Å². The molecular formula is C19H26FNO3. The standard InChI is InChI=1S/C19H26FNO3/c1-12-7-8-21(10-12)17(18(22)23)14-6-4-5-13-11-24-16(9-15(13)14)19(2,3)20/h4-6,12,16-17H,7-11H2,1-3H3,(H,22,23)/t12-,16?,17-/m1/s1. The summed E-state index contributed by atoms with van der Waals surface area (Å²) in [7, 11) is 0. The van der Waals surface area contributed by atoms with Crippen molar-refractivity contribution in [3.8, 4) is 0 Å². The molecule has 4 nitrogen and oxygen atoms in total. The van der Waals surface area contributed by atoms with Crippen LogP contribution in [-0.2, 0) is 22.6 Å². The van der Waals surface area contributed by atoms with Crippen molar-refractivity contribution in [2.45, 2.75) is 58.0 Å². The van der Waals surface area contributed by atoms with Gasteiger partial charge in [-0.25, -0.2) is 4.39 Å². The SMILES string of the molecule is C[C@@H]1CCN([C@@H](C(=O)O)c2cccc3c2CC(C(C)(C)F)OC3)C1. The van der Waals surface area contributed by atoms with Gasteiger partial charge in [0.15, 0.2) is 0 Å². The van der Waals surface area contributed by atoms with Gasteiger partial charge < -0.3 is 9.84 Å². The van der Waals surface area contributed by atoms with Crippen LogP contribution in [0, 0.1) is 5.92 Å². The minimum absolute atomic E-state index is 0.337. The van der Waals surface area contributed by atoms with E-state index in [4.69, 9.17) is 4.74 Å². The second-order valence-electron chi connectivity index (χ2n) is 7.68. The number of rotatable bonds is 4. The van der Waals surface area contributed by atoms with Crippen LogP contribution in [0.1, 0.15) is 49.9 Å². The third kappa shape index (κ3) is 3.33. The van der Waals surface area contributed by atoms with Crippen molar-refractivity contribution in [3.63, 3.8) is 0 Å². The van der Waals surface area contributed by atoms with Gasteiger partial charge in [0.1, 0.15) is 11.7 Å². The van der Waals surface area contributed by atoms with E-state index in [1.54, 1.807) is 0 Å². The van der Waals surface area contributed by atoms with Crippen molar-refractivity contribution in [2.75, 3.05) is 13.1 Å². The third-order valence-electron chi connectivity index (χ3n) is 5.25. The van der Waals surface area contributed by atoms with E-state index < -0.39 is 23.8 Å². The molecule has 0 aliphatic carbocycles. The van der Waals surface area contributed by atoms with Crippen LogP contribution in [0.5, 0.6) is 0 Å². The number of carbonyl (C=O) groups is 1. The molecule has 2 heterocycles. The highest BCUT2D eigenvalue weighted by Crippen LogP contribution is 2.36. The highest BCUT2D eigenvalue weighted by atomic mass is 19.1. The summed E-state index contributed by atoms with van der Waals surface area (Å²) in [6.07, 6.45) is 0.891. The lowest BCUT2D eigenvalue weighted by Gasteiger charge is -2.35. The Balaban J connectivity index is 1.97. The molecule has 1 aromatic rings. The largest absolute Gasteiger partial charge is 0.480 e. The Bertz CT molecular complexity index is 626. The van der Waals surface area contributed by atoms with E-state index in [-0.39, 0.29) is 0 Å². The van der Waals surface area contributed by atoms with Gasteiger partial charge in [0, 0.05) is 13.0 Å². The molecule has 132 valence electrons. The maximum Gasteiger partial charge on any atom is 0.325 e. The molecule has 0 bridgehead atoms. The number of nitrogens with zero attached hydrogens (tertiary/aromatic N) is 1. The fourth-order valence-electron chi connectivity index (χ4n) is 3.86. The second kappa shape index (κ2) is 6.45. The Morgan fingerprint density at radius 3 is 2.79 bits per heavy atom. The van der Waals surface area contributed by atoms with Crippen molar-refractivity contribution in [2.24, 2.45) is 5.92 Å². The lowest BCUT2D eigenvalue weighted by Crippen LogP contribution is -2.40. The van der Waals surface area contributed by atoms with Gasteiger partial charge in [0.2, 0.25) is 0 Å². The summed E-state index contributed by atoms with van der Waals surface area (Å²) in [5.41, 5.74) is 1.27.